The Morgan fingerprint density at radius 2 is 1.91 bits per heavy atom. The highest BCUT2D eigenvalue weighted by Crippen LogP contribution is 2.41. The fourth-order valence-electron chi connectivity index (χ4n) is 4.78. The molecule has 0 radical (unpaired) electrons. The molecule has 2 aliphatic heterocycles. The number of aromatic nitrogens is 2. The van der Waals surface area contributed by atoms with Crippen LogP contribution in [0.1, 0.15) is 42.8 Å². The monoisotopic (exact) mass is 538 g/mol. The molecule has 2 aliphatic rings. The van der Waals surface area contributed by atoms with Crippen molar-refractivity contribution in [3.63, 3.8) is 0 Å². The Hall–Kier alpha value is -2.79. The highest BCUT2D eigenvalue weighted by atomic mass is 127. The minimum Gasteiger partial charge on any atom is -1.00 e. The number of aryl methyl sites for hydroxylation is 4. The predicted molar refractivity (Wildman–Crippen MR) is 123 cm³/mol. The highest BCUT2D eigenvalue weighted by molar-refractivity contribution is 5.79. The van der Waals surface area contributed by atoms with Crippen LogP contribution in [0.3, 0.4) is 0 Å². The molecule has 1 aromatic heterocycles. The zero-order chi connectivity index (χ0) is 21.7. The van der Waals surface area contributed by atoms with Gasteiger partial charge in [0, 0.05) is 24.6 Å². The van der Waals surface area contributed by atoms with Crippen molar-refractivity contribution in [1.29, 1.82) is 5.26 Å². The second-order valence-corrected chi connectivity index (χ2v) is 8.23. The van der Waals surface area contributed by atoms with E-state index in [2.05, 4.69) is 78.1 Å². The van der Waals surface area contributed by atoms with Crippen LogP contribution in [0.4, 0.5) is 5.69 Å². The molecule has 5 nitrogen and oxygen atoms in total. The maximum Gasteiger partial charge on any atom is 0.285 e. The summed E-state index contributed by atoms with van der Waals surface area (Å²) in [7, 11) is 0. The SMILES string of the molecule is CCN1C(=CC=C2CCn3c2[n+](CC)c2cc(C#N)ccc23)Oc2cc(C)c(C)cc21.[I-]. The Kier molecular flexibility index (Phi) is 6.04. The Labute approximate surface area is 206 Å². The summed E-state index contributed by atoms with van der Waals surface area (Å²) in [5, 5.41) is 9.32. The molecule has 2 aromatic carbocycles. The van der Waals surface area contributed by atoms with E-state index in [0.29, 0.717) is 5.56 Å². The number of rotatable bonds is 3. The van der Waals surface area contributed by atoms with Crippen LogP contribution < -0.4 is 38.2 Å². The molecule has 0 unspecified atom stereocenters. The van der Waals surface area contributed by atoms with Gasteiger partial charge in [0.05, 0.1) is 30.4 Å². The molecular weight excluding hydrogens is 511 g/mol. The summed E-state index contributed by atoms with van der Waals surface area (Å²) >= 11 is 0. The Balaban J connectivity index is 0.00000245. The molecule has 0 saturated heterocycles. The summed E-state index contributed by atoms with van der Waals surface area (Å²) in [6.45, 7) is 11.3. The van der Waals surface area contributed by atoms with Crippen molar-refractivity contribution in [1.82, 2.24) is 4.57 Å². The van der Waals surface area contributed by atoms with Crippen molar-refractivity contribution < 1.29 is 33.3 Å². The van der Waals surface area contributed by atoms with E-state index in [9.17, 15) is 5.26 Å². The first kappa shape index (κ1) is 22.4. The number of nitrogens with zero attached hydrogens (tertiary/aromatic N) is 4. The molecular formula is C26H27IN4O. The van der Waals surface area contributed by atoms with Crippen LogP contribution in [-0.2, 0) is 13.1 Å². The van der Waals surface area contributed by atoms with Gasteiger partial charge >= 0.3 is 0 Å². The van der Waals surface area contributed by atoms with Crippen molar-refractivity contribution in [2.24, 2.45) is 0 Å². The van der Waals surface area contributed by atoms with Gasteiger partial charge in [-0.15, -0.1) is 0 Å². The smallest absolute Gasteiger partial charge is 0.285 e. The van der Waals surface area contributed by atoms with Crippen molar-refractivity contribution in [3.05, 3.63) is 70.9 Å². The van der Waals surface area contributed by atoms with E-state index < -0.39 is 0 Å². The molecule has 3 heterocycles. The number of halogens is 1. The largest absolute Gasteiger partial charge is 1.00 e. The Bertz CT molecular complexity index is 1330. The first-order valence-electron chi connectivity index (χ1n) is 11.0. The van der Waals surface area contributed by atoms with Crippen molar-refractivity contribution >= 4 is 22.3 Å². The average molecular weight is 538 g/mol. The molecule has 0 bridgehead atoms. The summed E-state index contributed by atoms with van der Waals surface area (Å²) in [6, 6.07) is 12.6. The second-order valence-electron chi connectivity index (χ2n) is 8.23. The lowest BCUT2D eigenvalue weighted by Crippen LogP contribution is -3.00. The van der Waals surface area contributed by atoms with Gasteiger partial charge in [0.15, 0.2) is 16.8 Å². The molecule has 0 aliphatic carbocycles. The third-order valence-corrected chi connectivity index (χ3v) is 6.50. The summed E-state index contributed by atoms with van der Waals surface area (Å²) in [5.41, 5.74) is 7.98. The number of anilines is 1. The van der Waals surface area contributed by atoms with Crippen LogP contribution in [0.25, 0.3) is 16.6 Å². The van der Waals surface area contributed by atoms with E-state index in [0.717, 1.165) is 48.9 Å². The predicted octanol–water partition coefficient (Wildman–Crippen LogP) is 1.99. The molecule has 164 valence electrons. The molecule has 6 heteroatoms. The van der Waals surface area contributed by atoms with Gasteiger partial charge in [0.25, 0.3) is 5.82 Å². The van der Waals surface area contributed by atoms with Gasteiger partial charge in [-0.3, -0.25) is 0 Å². The fraction of sp³-hybridized carbons (Fsp3) is 0.308. The molecule has 5 rings (SSSR count). The number of hydrogen-bond acceptors (Lipinski definition) is 3. The van der Waals surface area contributed by atoms with Crippen LogP contribution in [0.5, 0.6) is 5.75 Å². The van der Waals surface area contributed by atoms with Gasteiger partial charge in [-0.1, -0.05) is 0 Å². The fourth-order valence-corrected chi connectivity index (χ4v) is 4.78. The Morgan fingerprint density at radius 3 is 2.62 bits per heavy atom. The minimum atomic E-state index is 0. The van der Waals surface area contributed by atoms with Crippen LogP contribution in [0.15, 0.2) is 48.4 Å². The van der Waals surface area contributed by atoms with Crippen LogP contribution in [0, 0.1) is 25.2 Å². The molecule has 0 N–H and O–H groups in total. The summed E-state index contributed by atoms with van der Waals surface area (Å²) in [5.74, 6) is 3.04. The van der Waals surface area contributed by atoms with Crippen LogP contribution >= 0.6 is 0 Å². The first-order valence-corrected chi connectivity index (χ1v) is 11.0. The molecule has 3 aromatic rings. The van der Waals surface area contributed by atoms with Crippen LogP contribution in [-0.4, -0.2) is 11.1 Å². The topological polar surface area (TPSA) is 45.1 Å². The van der Waals surface area contributed by atoms with E-state index in [1.54, 1.807) is 0 Å². The standard InChI is InChI=1S/C26H27N4O.HI/c1-5-28-23-13-17(3)18(4)14-24(23)31-25(28)10-8-20-11-12-30-21-9-7-19(16-27)15-22(21)29(6-2)26(20)30;/h7-10,13-15H,5-6,11-12H2,1-4H3;1H/q+1;/p-1. The van der Waals surface area contributed by atoms with Crippen molar-refractivity contribution in [2.45, 2.75) is 47.2 Å². The van der Waals surface area contributed by atoms with Gasteiger partial charge in [-0.05, 0) is 75.2 Å². The molecule has 0 saturated carbocycles. The quantitative estimate of drug-likeness (QED) is 0.379. The highest BCUT2D eigenvalue weighted by Gasteiger charge is 2.33. The maximum absolute atomic E-state index is 9.32. The van der Waals surface area contributed by atoms with E-state index in [1.807, 2.05) is 12.1 Å². The average Bonchev–Trinajstić information content (AvgIpc) is 3.42. The van der Waals surface area contributed by atoms with Gasteiger partial charge in [0.2, 0.25) is 5.88 Å². The lowest BCUT2D eigenvalue weighted by Gasteiger charge is -2.15. The summed E-state index contributed by atoms with van der Waals surface area (Å²) < 4.78 is 10.9. The van der Waals surface area contributed by atoms with Crippen molar-refractivity contribution in [3.8, 4) is 11.8 Å². The van der Waals surface area contributed by atoms with Gasteiger partial charge in [0.1, 0.15) is 0 Å². The van der Waals surface area contributed by atoms with Crippen molar-refractivity contribution in [2.75, 3.05) is 11.4 Å². The normalized spacial score (nSPS) is 16.8. The number of nitriles is 1. The Morgan fingerprint density at radius 1 is 1.12 bits per heavy atom. The van der Waals surface area contributed by atoms with Gasteiger partial charge in [-0.25, -0.2) is 9.13 Å². The van der Waals surface area contributed by atoms with E-state index in [-0.39, 0.29) is 24.0 Å². The summed E-state index contributed by atoms with van der Waals surface area (Å²) in [4.78, 5) is 2.23. The lowest BCUT2D eigenvalue weighted by molar-refractivity contribution is -0.670. The third kappa shape index (κ3) is 3.39. The third-order valence-electron chi connectivity index (χ3n) is 6.50. The maximum atomic E-state index is 9.32. The van der Waals surface area contributed by atoms with E-state index in [1.165, 1.54) is 28.0 Å². The van der Waals surface area contributed by atoms with Gasteiger partial charge in [-0.2, -0.15) is 5.26 Å². The zero-order valence-corrected chi connectivity index (χ0v) is 21.1. The number of allylic oxidation sites excluding steroid dienone is 3. The number of hydrogen-bond donors (Lipinski definition) is 0. The molecule has 0 amide bonds. The van der Waals surface area contributed by atoms with E-state index >= 15 is 0 Å². The molecule has 0 fully saturated rings. The van der Waals surface area contributed by atoms with Gasteiger partial charge < -0.3 is 33.6 Å². The molecule has 0 spiro atoms. The zero-order valence-electron chi connectivity index (χ0n) is 18.9. The summed E-state index contributed by atoms with van der Waals surface area (Å²) in [6.07, 6.45) is 5.31. The molecule has 0 atom stereocenters. The second kappa shape index (κ2) is 8.62. The number of imidazole rings is 1. The lowest BCUT2D eigenvalue weighted by atomic mass is 10.1. The molecule has 32 heavy (non-hydrogen) atoms. The first-order chi connectivity index (χ1) is 15.0. The number of fused-ring (bicyclic) bond motifs is 4. The van der Waals surface area contributed by atoms with E-state index in [4.69, 9.17) is 4.74 Å². The number of ether oxygens (including phenoxy) is 1. The number of benzene rings is 2. The van der Waals surface area contributed by atoms with Crippen LogP contribution in [0.2, 0.25) is 0 Å². The minimum absolute atomic E-state index is 0.